The Bertz CT molecular complexity index is 227. The van der Waals surface area contributed by atoms with Crippen LogP contribution in [0.15, 0.2) is 0 Å². The van der Waals surface area contributed by atoms with Gasteiger partial charge in [0, 0.05) is 18.5 Å². The quantitative estimate of drug-likeness (QED) is 0.687. The molecule has 0 saturated carbocycles. The average Bonchev–Trinajstić information content (AvgIpc) is 2.47. The second-order valence-corrected chi connectivity index (χ2v) is 6.25. The molecular weight excluding hydrogens is 186 g/mol. The maximum atomic E-state index is 12.0. The highest BCUT2D eigenvalue weighted by molar-refractivity contribution is 5.78. The standard InChI is InChI=1S/C13H25NO/c1-10(2)12(15)14-8-6-7-11(14)9-13(3,4)5/h10-11H,6-9H2,1-5H3. The van der Waals surface area contributed by atoms with E-state index in [-0.39, 0.29) is 5.92 Å². The molecule has 1 saturated heterocycles. The number of nitrogens with zero attached hydrogens (tertiary/aromatic N) is 1. The molecule has 2 heteroatoms. The Morgan fingerprint density at radius 2 is 2.00 bits per heavy atom. The summed E-state index contributed by atoms with van der Waals surface area (Å²) < 4.78 is 0. The van der Waals surface area contributed by atoms with E-state index < -0.39 is 0 Å². The van der Waals surface area contributed by atoms with Crippen LogP contribution in [0.5, 0.6) is 0 Å². The zero-order valence-corrected chi connectivity index (χ0v) is 10.8. The summed E-state index contributed by atoms with van der Waals surface area (Å²) in [6.45, 7) is 11.7. The first kappa shape index (κ1) is 12.5. The molecule has 0 aromatic heterocycles. The van der Waals surface area contributed by atoms with Crippen LogP contribution in [0.4, 0.5) is 0 Å². The predicted molar refractivity (Wildman–Crippen MR) is 63.6 cm³/mol. The molecule has 0 radical (unpaired) electrons. The number of rotatable bonds is 2. The van der Waals surface area contributed by atoms with Gasteiger partial charge in [-0.3, -0.25) is 4.79 Å². The highest BCUT2D eigenvalue weighted by Gasteiger charge is 2.32. The highest BCUT2D eigenvalue weighted by Crippen LogP contribution is 2.30. The first-order valence-electron chi connectivity index (χ1n) is 6.12. The number of amides is 1. The highest BCUT2D eigenvalue weighted by atomic mass is 16.2. The fourth-order valence-corrected chi connectivity index (χ4v) is 2.38. The molecule has 88 valence electrons. The van der Waals surface area contributed by atoms with Gasteiger partial charge in [-0.05, 0) is 24.7 Å². The topological polar surface area (TPSA) is 20.3 Å². The van der Waals surface area contributed by atoms with Crippen LogP contribution in [0.1, 0.15) is 53.9 Å². The van der Waals surface area contributed by atoms with E-state index in [4.69, 9.17) is 0 Å². The Morgan fingerprint density at radius 1 is 1.40 bits per heavy atom. The first-order valence-corrected chi connectivity index (χ1v) is 6.12. The Morgan fingerprint density at radius 3 is 2.47 bits per heavy atom. The summed E-state index contributed by atoms with van der Waals surface area (Å²) in [5.41, 5.74) is 0.324. The number of carbonyl (C=O) groups excluding carboxylic acids is 1. The summed E-state index contributed by atoms with van der Waals surface area (Å²) in [6, 6.07) is 0.486. The van der Waals surface area contributed by atoms with Crippen LogP contribution >= 0.6 is 0 Å². The van der Waals surface area contributed by atoms with E-state index >= 15 is 0 Å². The molecule has 1 fully saturated rings. The van der Waals surface area contributed by atoms with E-state index in [9.17, 15) is 4.79 Å². The fourth-order valence-electron chi connectivity index (χ4n) is 2.38. The molecule has 1 aliphatic heterocycles. The summed E-state index contributed by atoms with van der Waals surface area (Å²) in [6.07, 6.45) is 3.50. The molecule has 0 aromatic carbocycles. The fraction of sp³-hybridized carbons (Fsp3) is 0.923. The van der Waals surface area contributed by atoms with Gasteiger partial charge in [0.1, 0.15) is 0 Å². The maximum Gasteiger partial charge on any atom is 0.225 e. The smallest absolute Gasteiger partial charge is 0.225 e. The van der Waals surface area contributed by atoms with E-state index in [0.717, 1.165) is 13.0 Å². The largest absolute Gasteiger partial charge is 0.339 e. The molecule has 1 atom stereocenters. The predicted octanol–water partition coefficient (Wildman–Crippen LogP) is 3.07. The molecular formula is C13H25NO. The molecule has 0 spiro atoms. The molecule has 0 aliphatic carbocycles. The zero-order valence-electron chi connectivity index (χ0n) is 10.8. The van der Waals surface area contributed by atoms with Crippen LogP contribution in [0.3, 0.4) is 0 Å². The Hall–Kier alpha value is -0.530. The van der Waals surface area contributed by atoms with Crippen molar-refractivity contribution in [1.29, 1.82) is 0 Å². The summed E-state index contributed by atoms with van der Waals surface area (Å²) >= 11 is 0. The van der Waals surface area contributed by atoms with Crippen molar-refractivity contribution in [2.45, 2.75) is 59.9 Å². The van der Waals surface area contributed by atoms with E-state index in [2.05, 4.69) is 25.7 Å². The van der Waals surface area contributed by atoms with Crippen LogP contribution in [-0.2, 0) is 4.79 Å². The van der Waals surface area contributed by atoms with Gasteiger partial charge in [-0.15, -0.1) is 0 Å². The van der Waals surface area contributed by atoms with Crippen LogP contribution < -0.4 is 0 Å². The zero-order chi connectivity index (χ0) is 11.6. The molecule has 0 bridgehead atoms. The van der Waals surface area contributed by atoms with Crippen LogP contribution in [0.25, 0.3) is 0 Å². The van der Waals surface area contributed by atoms with Crippen molar-refractivity contribution in [1.82, 2.24) is 4.90 Å². The van der Waals surface area contributed by atoms with Gasteiger partial charge in [0.2, 0.25) is 5.91 Å². The van der Waals surface area contributed by atoms with Crippen molar-refractivity contribution in [2.24, 2.45) is 11.3 Å². The monoisotopic (exact) mass is 211 g/mol. The summed E-state index contributed by atoms with van der Waals surface area (Å²) in [5.74, 6) is 0.479. The number of carbonyl (C=O) groups is 1. The minimum atomic E-state index is 0.144. The first-order chi connectivity index (χ1) is 6.81. The van der Waals surface area contributed by atoms with Gasteiger partial charge >= 0.3 is 0 Å². The SMILES string of the molecule is CC(C)C(=O)N1CCCC1CC(C)(C)C. The second-order valence-electron chi connectivity index (χ2n) is 6.25. The summed E-state index contributed by atoms with van der Waals surface area (Å²) in [7, 11) is 0. The lowest BCUT2D eigenvalue weighted by Crippen LogP contribution is -2.39. The lowest BCUT2D eigenvalue weighted by molar-refractivity contribution is -0.135. The van der Waals surface area contributed by atoms with Crippen molar-refractivity contribution in [3.8, 4) is 0 Å². The van der Waals surface area contributed by atoms with E-state index in [1.807, 2.05) is 13.8 Å². The van der Waals surface area contributed by atoms with Crippen molar-refractivity contribution >= 4 is 5.91 Å². The van der Waals surface area contributed by atoms with Crippen molar-refractivity contribution < 1.29 is 4.79 Å². The third-order valence-corrected chi connectivity index (χ3v) is 3.00. The van der Waals surface area contributed by atoms with Gasteiger partial charge in [0.05, 0.1) is 0 Å². The normalized spacial score (nSPS) is 22.5. The molecule has 0 N–H and O–H groups in total. The Balaban J connectivity index is 2.61. The third kappa shape index (κ3) is 3.51. The van der Waals surface area contributed by atoms with E-state index in [1.54, 1.807) is 0 Å². The van der Waals surface area contributed by atoms with Crippen LogP contribution in [0.2, 0.25) is 0 Å². The average molecular weight is 211 g/mol. The molecule has 15 heavy (non-hydrogen) atoms. The molecule has 1 aliphatic rings. The molecule has 1 unspecified atom stereocenters. The lowest BCUT2D eigenvalue weighted by Gasteiger charge is -2.31. The van der Waals surface area contributed by atoms with Gasteiger partial charge in [0.25, 0.3) is 0 Å². The summed E-state index contributed by atoms with van der Waals surface area (Å²) in [4.78, 5) is 14.1. The molecule has 1 amide bonds. The molecule has 1 rings (SSSR count). The van der Waals surface area contributed by atoms with Crippen LogP contribution in [0, 0.1) is 11.3 Å². The van der Waals surface area contributed by atoms with Gasteiger partial charge in [-0.2, -0.15) is 0 Å². The van der Waals surface area contributed by atoms with E-state index in [1.165, 1.54) is 12.8 Å². The van der Waals surface area contributed by atoms with Gasteiger partial charge in [0.15, 0.2) is 0 Å². The van der Waals surface area contributed by atoms with Crippen molar-refractivity contribution in [3.63, 3.8) is 0 Å². The second kappa shape index (κ2) is 4.54. The Kier molecular flexibility index (Phi) is 3.80. The number of likely N-dealkylation sites (tertiary alicyclic amines) is 1. The minimum absolute atomic E-state index is 0.144. The molecule has 0 aromatic rings. The summed E-state index contributed by atoms with van der Waals surface area (Å²) in [5, 5.41) is 0. The molecule has 2 nitrogen and oxygen atoms in total. The van der Waals surface area contributed by atoms with Crippen LogP contribution in [-0.4, -0.2) is 23.4 Å². The van der Waals surface area contributed by atoms with E-state index in [0.29, 0.717) is 17.4 Å². The van der Waals surface area contributed by atoms with Gasteiger partial charge in [-0.1, -0.05) is 34.6 Å². The minimum Gasteiger partial charge on any atom is -0.339 e. The molecule has 1 heterocycles. The van der Waals surface area contributed by atoms with Crippen molar-refractivity contribution in [3.05, 3.63) is 0 Å². The number of hydrogen-bond donors (Lipinski definition) is 0. The van der Waals surface area contributed by atoms with Crippen molar-refractivity contribution in [2.75, 3.05) is 6.54 Å². The Labute approximate surface area is 94.0 Å². The third-order valence-electron chi connectivity index (χ3n) is 3.00. The number of hydrogen-bond acceptors (Lipinski definition) is 1. The lowest BCUT2D eigenvalue weighted by atomic mass is 9.87. The van der Waals surface area contributed by atoms with Gasteiger partial charge in [-0.25, -0.2) is 0 Å². The maximum absolute atomic E-state index is 12.0. The van der Waals surface area contributed by atoms with Gasteiger partial charge < -0.3 is 4.90 Å².